The predicted octanol–water partition coefficient (Wildman–Crippen LogP) is 2.78. The second-order valence-electron chi connectivity index (χ2n) is 4.47. The van der Waals surface area contributed by atoms with E-state index in [9.17, 15) is 0 Å². The summed E-state index contributed by atoms with van der Waals surface area (Å²) in [6, 6.07) is 7.46. The fourth-order valence-corrected chi connectivity index (χ4v) is 2.55. The van der Waals surface area contributed by atoms with E-state index in [0.717, 1.165) is 17.0 Å². The van der Waals surface area contributed by atoms with Crippen molar-refractivity contribution in [3.8, 4) is 0 Å². The third kappa shape index (κ3) is 3.09. The number of nitrogens with one attached hydrogen (secondary N) is 1. The molecule has 4 nitrogen and oxygen atoms in total. The van der Waals surface area contributed by atoms with Gasteiger partial charge in [-0.25, -0.2) is 0 Å². The maximum atomic E-state index is 6.23. The van der Waals surface area contributed by atoms with Gasteiger partial charge in [-0.1, -0.05) is 35.3 Å². The first-order valence-electron chi connectivity index (χ1n) is 5.92. The highest BCUT2D eigenvalue weighted by molar-refractivity contribution is 6.42. The van der Waals surface area contributed by atoms with Crippen LogP contribution in [-0.2, 0) is 13.5 Å². The largest absolute Gasteiger partial charge is 0.272 e. The molecule has 0 bridgehead atoms. The van der Waals surface area contributed by atoms with Gasteiger partial charge in [0.25, 0.3) is 0 Å². The van der Waals surface area contributed by atoms with Crippen LogP contribution in [0.25, 0.3) is 0 Å². The molecule has 19 heavy (non-hydrogen) atoms. The number of hydrogen-bond donors (Lipinski definition) is 2. The zero-order valence-corrected chi connectivity index (χ0v) is 12.3. The highest BCUT2D eigenvalue weighted by atomic mass is 35.5. The Hall–Kier alpha value is -1.07. The molecule has 3 N–H and O–H groups in total. The predicted molar refractivity (Wildman–Crippen MR) is 78.2 cm³/mol. The number of hydrogen-bond acceptors (Lipinski definition) is 3. The number of rotatable bonds is 4. The molecule has 0 radical (unpaired) electrons. The van der Waals surface area contributed by atoms with E-state index in [-0.39, 0.29) is 6.04 Å². The second kappa shape index (κ2) is 5.92. The van der Waals surface area contributed by atoms with Crippen molar-refractivity contribution in [1.29, 1.82) is 0 Å². The van der Waals surface area contributed by atoms with E-state index < -0.39 is 0 Å². The van der Waals surface area contributed by atoms with Crippen molar-refractivity contribution in [2.45, 2.75) is 19.4 Å². The average molecular weight is 299 g/mol. The van der Waals surface area contributed by atoms with Crippen LogP contribution >= 0.6 is 23.2 Å². The maximum Gasteiger partial charge on any atom is 0.0640 e. The van der Waals surface area contributed by atoms with Crippen LogP contribution in [-0.4, -0.2) is 9.78 Å². The molecule has 0 fully saturated rings. The summed E-state index contributed by atoms with van der Waals surface area (Å²) in [5.41, 5.74) is 5.73. The van der Waals surface area contributed by atoms with Gasteiger partial charge in [0, 0.05) is 19.2 Å². The molecule has 0 amide bonds. The Morgan fingerprint density at radius 2 is 2.16 bits per heavy atom. The average Bonchev–Trinajstić information content (AvgIpc) is 2.68. The molecule has 6 heteroatoms. The highest BCUT2D eigenvalue weighted by Crippen LogP contribution is 2.31. The minimum absolute atomic E-state index is 0.110. The summed E-state index contributed by atoms with van der Waals surface area (Å²) < 4.78 is 1.85. The van der Waals surface area contributed by atoms with Crippen molar-refractivity contribution >= 4 is 23.2 Å². The Morgan fingerprint density at radius 1 is 1.42 bits per heavy atom. The van der Waals surface area contributed by atoms with E-state index in [4.69, 9.17) is 29.0 Å². The minimum atomic E-state index is -0.110. The van der Waals surface area contributed by atoms with Crippen LogP contribution in [0, 0.1) is 6.92 Å². The van der Waals surface area contributed by atoms with Crippen LogP contribution < -0.4 is 11.3 Å². The van der Waals surface area contributed by atoms with Gasteiger partial charge in [-0.3, -0.25) is 16.0 Å². The van der Waals surface area contributed by atoms with Crippen LogP contribution in [0.4, 0.5) is 0 Å². The molecule has 1 heterocycles. The molecule has 1 aromatic heterocycles. The summed E-state index contributed by atoms with van der Waals surface area (Å²) in [5, 5.41) is 5.38. The van der Waals surface area contributed by atoms with Crippen LogP contribution in [0.3, 0.4) is 0 Å². The molecule has 0 saturated carbocycles. The smallest absolute Gasteiger partial charge is 0.0640 e. The lowest BCUT2D eigenvalue weighted by molar-refractivity contribution is 0.530. The lowest BCUT2D eigenvalue weighted by atomic mass is 10.0. The maximum absolute atomic E-state index is 6.23. The lowest BCUT2D eigenvalue weighted by Gasteiger charge is -2.18. The number of aryl methyl sites for hydroxylation is 2. The summed E-state index contributed by atoms with van der Waals surface area (Å²) in [7, 11) is 1.91. The van der Waals surface area contributed by atoms with Crippen LogP contribution in [0.2, 0.25) is 10.0 Å². The quantitative estimate of drug-likeness (QED) is 0.674. The van der Waals surface area contributed by atoms with Gasteiger partial charge in [0.15, 0.2) is 0 Å². The monoisotopic (exact) mass is 298 g/mol. The zero-order valence-electron chi connectivity index (χ0n) is 10.8. The van der Waals surface area contributed by atoms with Gasteiger partial charge in [-0.2, -0.15) is 5.10 Å². The number of nitrogens with zero attached hydrogens (tertiary/aromatic N) is 2. The first-order chi connectivity index (χ1) is 9.02. The van der Waals surface area contributed by atoms with Crippen molar-refractivity contribution in [3.63, 3.8) is 0 Å². The molecule has 1 aromatic carbocycles. The molecule has 0 saturated heterocycles. The molecule has 0 spiro atoms. The summed E-state index contributed by atoms with van der Waals surface area (Å²) in [5.74, 6) is 5.65. The normalized spacial score (nSPS) is 12.7. The third-order valence-electron chi connectivity index (χ3n) is 3.07. The van der Waals surface area contributed by atoms with Gasteiger partial charge in [-0.05, 0) is 24.6 Å². The fourth-order valence-electron chi connectivity index (χ4n) is 2.11. The van der Waals surface area contributed by atoms with E-state index in [2.05, 4.69) is 10.5 Å². The molecular formula is C13H16Cl2N4. The van der Waals surface area contributed by atoms with Gasteiger partial charge in [0.1, 0.15) is 0 Å². The Bertz CT molecular complexity index is 580. The SMILES string of the molecule is Cc1cc(CC(NN)c2cccc(Cl)c2Cl)n(C)n1. The summed E-state index contributed by atoms with van der Waals surface area (Å²) in [6.07, 6.45) is 0.688. The van der Waals surface area contributed by atoms with Crippen LogP contribution in [0.15, 0.2) is 24.3 Å². The molecule has 2 rings (SSSR count). The number of hydrazine groups is 1. The van der Waals surface area contributed by atoms with Crippen LogP contribution in [0.5, 0.6) is 0 Å². The molecule has 0 aliphatic carbocycles. The third-order valence-corrected chi connectivity index (χ3v) is 3.90. The second-order valence-corrected chi connectivity index (χ2v) is 5.25. The first kappa shape index (κ1) is 14.3. The van der Waals surface area contributed by atoms with E-state index >= 15 is 0 Å². The highest BCUT2D eigenvalue weighted by Gasteiger charge is 2.17. The van der Waals surface area contributed by atoms with E-state index in [0.29, 0.717) is 16.5 Å². The standard InChI is InChI=1S/C13H16Cl2N4/c1-8-6-9(19(2)18-8)7-12(17-16)10-4-3-5-11(14)13(10)15/h3-6,12,17H,7,16H2,1-2H3. The molecular weight excluding hydrogens is 283 g/mol. The summed E-state index contributed by atoms with van der Waals surface area (Å²) in [4.78, 5) is 0. The Kier molecular flexibility index (Phi) is 4.47. The number of nitrogens with two attached hydrogens (primary N) is 1. The Labute approximate surface area is 122 Å². The number of aromatic nitrogens is 2. The summed E-state index contributed by atoms with van der Waals surface area (Å²) >= 11 is 12.3. The lowest BCUT2D eigenvalue weighted by Crippen LogP contribution is -2.30. The summed E-state index contributed by atoms with van der Waals surface area (Å²) in [6.45, 7) is 1.96. The van der Waals surface area contributed by atoms with Crippen molar-refractivity contribution < 1.29 is 0 Å². The van der Waals surface area contributed by atoms with Gasteiger partial charge in [-0.15, -0.1) is 0 Å². The fraction of sp³-hybridized carbons (Fsp3) is 0.308. The van der Waals surface area contributed by atoms with E-state index in [1.54, 1.807) is 6.07 Å². The molecule has 1 unspecified atom stereocenters. The van der Waals surface area contributed by atoms with Crippen molar-refractivity contribution in [3.05, 3.63) is 51.3 Å². The van der Waals surface area contributed by atoms with E-state index in [1.807, 2.05) is 36.9 Å². The first-order valence-corrected chi connectivity index (χ1v) is 6.68. The van der Waals surface area contributed by atoms with Gasteiger partial charge < -0.3 is 0 Å². The van der Waals surface area contributed by atoms with Gasteiger partial charge in [0.05, 0.1) is 21.8 Å². The van der Waals surface area contributed by atoms with Gasteiger partial charge in [0.2, 0.25) is 0 Å². The zero-order chi connectivity index (χ0) is 14.0. The van der Waals surface area contributed by atoms with Crippen molar-refractivity contribution in [2.24, 2.45) is 12.9 Å². The van der Waals surface area contributed by atoms with Crippen molar-refractivity contribution in [2.75, 3.05) is 0 Å². The van der Waals surface area contributed by atoms with Gasteiger partial charge >= 0.3 is 0 Å². The molecule has 1 atom stereocenters. The van der Waals surface area contributed by atoms with Crippen molar-refractivity contribution in [1.82, 2.24) is 15.2 Å². The minimum Gasteiger partial charge on any atom is -0.272 e. The van der Waals surface area contributed by atoms with Crippen LogP contribution in [0.1, 0.15) is 23.0 Å². The Morgan fingerprint density at radius 3 is 2.74 bits per heavy atom. The molecule has 102 valence electrons. The molecule has 2 aromatic rings. The molecule has 0 aliphatic rings. The van der Waals surface area contributed by atoms with E-state index in [1.165, 1.54) is 0 Å². The Balaban J connectivity index is 2.30. The number of benzene rings is 1. The topological polar surface area (TPSA) is 55.9 Å². The molecule has 0 aliphatic heterocycles. The number of halogens is 2.